The number of ether oxygens (including phenoxy) is 2. The molecule has 0 atom stereocenters. The van der Waals surface area contributed by atoms with E-state index in [-0.39, 0.29) is 0 Å². The van der Waals surface area contributed by atoms with Crippen LogP contribution in [0.5, 0.6) is 5.75 Å². The molecule has 3 aromatic rings. The predicted octanol–water partition coefficient (Wildman–Crippen LogP) is 2.66. The predicted molar refractivity (Wildman–Crippen MR) is 123 cm³/mol. The minimum atomic E-state index is 0.840. The molecule has 0 N–H and O–H groups in total. The van der Waals surface area contributed by atoms with E-state index in [4.69, 9.17) is 14.5 Å². The van der Waals surface area contributed by atoms with Gasteiger partial charge in [-0.3, -0.25) is 14.4 Å². The molecule has 0 amide bonds. The first-order chi connectivity index (χ1) is 15.3. The first-order valence-corrected chi connectivity index (χ1v) is 11.2. The number of para-hydroxylation sites is 2. The van der Waals surface area contributed by atoms with Gasteiger partial charge in [-0.05, 0) is 36.2 Å². The summed E-state index contributed by atoms with van der Waals surface area (Å²) in [6.45, 7) is 8.52. The van der Waals surface area contributed by atoms with E-state index in [1.54, 1.807) is 7.11 Å². The van der Waals surface area contributed by atoms with Gasteiger partial charge in [-0.2, -0.15) is 0 Å². The number of imidazole rings is 1. The van der Waals surface area contributed by atoms with Crippen molar-refractivity contribution in [2.24, 2.45) is 0 Å². The van der Waals surface area contributed by atoms with E-state index in [0.717, 1.165) is 82.9 Å². The number of rotatable bonds is 7. The molecule has 0 unspecified atom stereocenters. The number of methoxy groups -OCH3 is 1. The third-order valence-corrected chi connectivity index (χ3v) is 6.29. The Labute approximate surface area is 183 Å². The van der Waals surface area contributed by atoms with Gasteiger partial charge in [0.1, 0.15) is 5.75 Å². The van der Waals surface area contributed by atoms with Crippen LogP contribution < -0.4 is 9.64 Å². The Bertz CT molecular complexity index is 997. The quantitative estimate of drug-likeness (QED) is 0.585. The van der Waals surface area contributed by atoms with Crippen LogP contribution in [-0.4, -0.2) is 79.1 Å². The van der Waals surface area contributed by atoms with Gasteiger partial charge in [0.05, 0.1) is 44.7 Å². The number of hydrogen-bond donors (Lipinski definition) is 0. The van der Waals surface area contributed by atoms with Gasteiger partial charge in [-0.1, -0.05) is 24.3 Å². The summed E-state index contributed by atoms with van der Waals surface area (Å²) in [6, 6.07) is 16.9. The van der Waals surface area contributed by atoms with E-state index in [9.17, 15) is 0 Å². The number of morpholine rings is 1. The zero-order valence-electron chi connectivity index (χ0n) is 18.2. The minimum Gasteiger partial charge on any atom is -0.497 e. The fourth-order valence-electron chi connectivity index (χ4n) is 4.47. The summed E-state index contributed by atoms with van der Waals surface area (Å²) < 4.78 is 13.2. The molecule has 7 heteroatoms. The van der Waals surface area contributed by atoms with Gasteiger partial charge in [0.15, 0.2) is 0 Å². The molecule has 0 spiro atoms. The molecule has 0 bridgehead atoms. The molecule has 2 aliphatic rings. The van der Waals surface area contributed by atoms with Crippen LogP contribution in [0.25, 0.3) is 11.0 Å². The molecule has 1 aromatic heterocycles. The van der Waals surface area contributed by atoms with Gasteiger partial charge in [-0.25, -0.2) is 4.98 Å². The minimum absolute atomic E-state index is 0.840. The molecule has 164 valence electrons. The Kier molecular flexibility index (Phi) is 6.06. The van der Waals surface area contributed by atoms with Gasteiger partial charge >= 0.3 is 0 Å². The summed E-state index contributed by atoms with van der Waals surface area (Å²) >= 11 is 0. The highest BCUT2D eigenvalue weighted by Gasteiger charge is 2.26. The van der Waals surface area contributed by atoms with Crippen molar-refractivity contribution in [2.45, 2.75) is 13.1 Å². The van der Waals surface area contributed by atoms with Crippen LogP contribution >= 0.6 is 0 Å². The van der Waals surface area contributed by atoms with Crippen molar-refractivity contribution in [3.8, 4) is 5.75 Å². The van der Waals surface area contributed by atoms with E-state index < -0.39 is 0 Å². The first-order valence-electron chi connectivity index (χ1n) is 11.2. The normalized spacial score (nSPS) is 17.8. The zero-order chi connectivity index (χ0) is 21.0. The van der Waals surface area contributed by atoms with E-state index >= 15 is 0 Å². The highest BCUT2D eigenvalue weighted by Crippen LogP contribution is 2.27. The van der Waals surface area contributed by atoms with Gasteiger partial charge < -0.3 is 14.4 Å². The van der Waals surface area contributed by atoms with E-state index in [0.29, 0.717) is 0 Å². The van der Waals surface area contributed by atoms with Gasteiger partial charge in [0, 0.05) is 32.7 Å². The van der Waals surface area contributed by atoms with Crippen LogP contribution in [0.1, 0.15) is 5.56 Å². The Morgan fingerprint density at radius 3 is 2.52 bits per heavy atom. The highest BCUT2D eigenvalue weighted by molar-refractivity contribution is 5.79. The lowest BCUT2D eigenvalue weighted by Crippen LogP contribution is -2.49. The van der Waals surface area contributed by atoms with Crippen LogP contribution in [-0.2, 0) is 17.8 Å². The molecule has 1 saturated heterocycles. The number of anilines is 1. The highest BCUT2D eigenvalue weighted by atomic mass is 16.5. The molecule has 2 aliphatic heterocycles. The van der Waals surface area contributed by atoms with Crippen LogP contribution in [0, 0.1) is 0 Å². The SMILES string of the molecule is COc1ccc(CCN2CN(CCN3CCOCC3)c3nc4ccccc4n3C2)cc1. The largest absolute Gasteiger partial charge is 0.497 e. The fraction of sp³-hybridized carbons (Fsp3) is 0.458. The first kappa shape index (κ1) is 20.3. The summed E-state index contributed by atoms with van der Waals surface area (Å²) in [5, 5.41) is 0. The van der Waals surface area contributed by atoms with Crippen molar-refractivity contribution in [1.82, 2.24) is 19.4 Å². The third-order valence-electron chi connectivity index (χ3n) is 6.29. The maximum Gasteiger partial charge on any atom is 0.208 e. The third kappa shape index (κ3) is 4.54. The Morgan fingerprint density at radius 1 is 0.903 bits per heavy atom. The number of fused-ring (bicyclic) bond motifs is 3. The molecule has 0 aliphatic carbocycles. The molecule has 1 fully saturated rings. The van der Waals surface area contributed by atoms with Crippen LogP contribution in [0.3, 0.4) is 0 Å². The Hall–Kier alpha value is -2.61. The van der Waals surface area contributed by atoms with E-state index in [1.165, 1.54) is 11.1 Å². The Balaban J connectivity index is 1.31. The topological polar surface area (TPSA) is 46.0 Å². The molecule has 0 saturated carbocycles. The van der Waals surface area contributed by atoms with Crippen molar-refractivity contribution in [3.63, 3.8) is 0 Å². The number of hydrogen-bond acceptors (Lipinski definition) is 6. The van der Waals surface area contributed by atoms with E-state index in [1.807, 2.05) is 12.1 Å². The summed E-state index contributed by atoms with van der Waals surface area (Å²) in [7, 11) is 1.71. The monoisotopic (exact) mass is 421 g/mol. The lowest BCUT2D eigenvalue weighted by atomic mass is 10.1. The average molecular weight is 422 g/mol. The van der Waals surface area contributed by atoms with Crippen molar-refractivity contribution in [3.05, 3.63) is 54.1 Å². The maximum absolute atomic E-state index is 5.51. The van der Waals surface area contributed by atoms with Crippen molar-refractivity contribution >= 4 is 17.0 Å². The molecule has 5 rings (SSSR count). The molecular weight excluding hydrogens is 390 g/mol. The summed E-state index contributed by atoms with van der Waals surface area (Å²) in [5.74, 6) is 2.00. The number of aromatic nitrogens is 2. The lowest BCUT2D eigenvalue weighted by molar-refractivity contribution is 0.0385. The van der Waals surface area contributed by atoms with Gasteiger partial charge in [0.25, 0.3) is 0 Å². The number of nitrogens with zero attached hydrogens (tertiary/aromatic N) is 5. The van der Waals surface area contributed by atoms with Crippen molar-refractivity contribution in [1.29, 1.82) is 0 Å². The molecule has 2 aromatic carbocycles. The molecule has 0 radical (unpaired) electrons. The second kappa shape index (κ2) is 9.26. The number of benzene rings is 2. The van der Waals surface area contributed by atoms with E-state index in [2.05, 4.69) is 55.7 Å². The summed E-state index contributed by atoms with van der Waals surface area (Å²) in [6.07, 6.45) is 1.02. The van der Waals surface area contributed by atoms with Crippen LogP contribution in [0.4, 0.5) is 5.95 Å². The molecule has 3 heterocycles. The Morgan fingerprint density at radius 2 is 1.71 bits per heavy atom. The zero-order valence-corrected chi connectivity index (χ0v) is 18.2. The maximum atomic E-state index is 5.51. The van der Waals surface area contributed by atoms with Crippen molar-refractivity contribution < 1.29 is 9.47 Å². The van der Waals surface area contributed by atoms with Gasteiger partial charge in [0.2, 0.25) is 5.95 Å². The molecular formula is C24H31N5O2. The lowest BCUT2D eigenvalue weighted by Gasteiger charge is -2.38. The standard InChI is InChI=1S/C24H31N5O2/c1-30-21-8-6-20(7-9-21)10-11-27-18-28(13-12-26-14-16-31-17-15-26)24-25-22-4-2-3-5-23(22)29(24)19-27/h2-9H,10-19H2,1H3. The second-order valence-corrected chi connectivity index (χ2v) is 8.32. The van der Waals surface area contributed by atoms with Crippen LogP contribution in [0.2, 0.25) is 0 Å². The fourth-order valence-corrected chi connectivity index (χ4v) is 4.47. The smallest absolute Gasteiger partial charge is 0.208 e. The summed E-state index contributed by atoms with van der Waals surface area (Å²) in [5.41, 5.74) is 3.62. The average Bonchev–Trinajstić information content (AvgIpc) is 3.21. The second-order valence-electron chi connectivity index (χ2n) is 8.32. The molecule has 7 nitrogen and oxygen atoms in total. The van der Waals surface area contributed by atoms with Gasteiger partial charge in [-0.15, -0.1) is 0 Å². The van der Waals surface area contributed by atoms with Crippen molar-refractivity contribution in [2.75, 3.05) is 64.6 Å². The molecule has 31 heavy (non-hydrogen) atoms. The van der Waals surface area contributed by atoms with Crippen LogP contribution in [0.15, 0.2) is 48.5 Å². The summed E-state index contributed by atoms with van der Waals surface area (Å²) in [4.78, 5) is 12.4.